The van der Waals surface area contributed by atoms with Gasteiger partial charge >= 0.3 is 0 Å². The third-order valence-electron chi connectivity index (χ3n) is 4.97. The summed E-state index contributed by atoms with van der Waals surface area (Å²) in [6, 6.07) is 6.28. The Bertz CT molecular complexity index is 711. The van der Waals surface area contributed by atoms with Crippen LogP contribution in [-0.2, 0) is 11.3 Å². The second-order valence-corrected chi connectivity index (χ2v) is 6.89. The van der Waals surface area contributed by atoms with Gasteiger partial charge in [0.15, 0.2) is 0 Å². The van der Waals surface area contributed by atoms with Gasteiger partial charge in [-0.3, -0.25) is 9.88 Å². The molecule has 0 atom stereocenters. The number of aromatic nitrogens is 3. The summed E-state index contributed by atoms with van der Waals surface area (Å²) >= 11 is 0. The number of pyridine rings is 1. The molecule has 0 aromatic carbocycles. The maximum atomic E-state index is 5.44. The summed E-state index contributed by atoms with van der Waals surface area (Å²) < 4.78 is 5.44. The monoisotopic (exact) mass is 354 g/mol. The van der Waals surface area contributed by atoms with E-state index in [1.807, 2.05) is 12.4 Å². The molecule has 7 nitrogen and oxygen atoms in total. The summed E-state index contributed by atoms with van der Waals surface area (Å²) in [5, 5.41) is 0. The Morgan fingerprint density at radius 3 is 2.38 bits per heavy atom. The first-order valence-electron chi connectivity index (χ1n) is 9.32. The molecular weight excluding hydrogens is 328 g/mol. The van der Waals surface area contributed by atoms with Crippen LogP contribution in [0.4, 0.5) is 11.8 Å². The van der Waals surface area contributed by atoms with Crippen LogP contribution in [0.2, 0.25) is 0 Å². The fourth-order valence-corrected chi connectivity index (χ4v) is 3.48. The number of rotatable bonds is 4. The first-order valence-corrected chi connectivity index (χ1v) is 9.32. The molecule has 2 fully saturated rings. The molecule has 26 heavy (non-hydrogen) atoms. The van der Waals surface area contributed by atoms with Gasteiger partial charge < -0.3 is 14.5 Å². The van der Waals surface area contributed by atoms with E-state index in [0.29, 0.717) is 0 Å². The molecule has 4 rings (SSSR count). The lowest BCUT2D eigenvalue weighted by Crippen LogP contribution is -2.46. The highest BCUT2D eigenvalue weighted by molar-refractivity contribution is 5.46. The Labute approximate surface area is 154 Å². The number of aryl methyl sites for hydroxylation is 1. The van der Waals surface area contributed by atoms with E-state index in [1.54, 1.807) is 0 Å². The van der Waals surface area contributed by atoms with Crippen LogP contribution in [0, 0.1) is 6.92 Å². The maximum absolute atomic E-state index is 5.44. The third-order valence-corrected chi connectivity index (χ3v) is 4.97. The van der Waals surface area contributed by atoms with Crippen LogP contribution in [0.1, 0.15) is 11.3 Å². The number of anilines is 2. The van der Waals surface area contributed by atoms with Crippen molar-refractivity contribution in [3.63, 3.8) is 0 Å². The maximum Gasteiger partial charge on any atom is 0.227 e. The molecule has 7 heteroatoms. The van der Waals surface area contributed by atoms with Gasteiger partial charge in [-0.05, 0) is 24.6 Å². The zero-order chi connectivity index (χ0) is 17.8. The molecule has 138 valence electrons. The molecule has 2 aliphatic rings. The number of ether oxygens (including phenoxy) is 1. The van der Waals surface area contributed by atoms with Gasteiger partial charge in [-0.1, -0.05) is 0 Å². The van der Waals surface area contributed by atoms with Crippen LogP contribution in [-0.4, -0.2) is 72.3 Å². The molecule has 0 radical (unpaired) electrons. The molecule has 2 aromatic rings. The number of morpholine rings is 1. The zero-order valence-electron chi connectivity index (χ0n) is 15.3. The number of piperazine rings is 1. The standard InChI is InChI=1S/C19H26N6O/c1-16-14-18(22-19(21-16)25-10-12-26-13-11-25)24-8-6-23(7-9-24)15-17-2-4-20-5-3-17/h2-5,14H,6-13,15H2,1H3. The highest BCUT2D eigenvalue weighted by atomic mass is 16.5. The third kappa shape index (κ3) is 4.11. The number of hydrogen-bond acceptors (Lipinski definition) is 7. The van der Waals surface area contributed by atoms with Crippen LogP contribution in [0.25, 0.3) is 0 Å². The zero-order valence-corrected chi connectivity index (χ0v) is 15.3. The molecule has 2 saturated heterocycles. The van der Waals surface area contributed by atoms with E-state index in [9.17, 15) is 0 Å². The van der Waals surface area contributed by atoms with E-state index < -0.39 is 0 Å². The Morgan fingerprint density at radius 2 is 1.65 bits per heavy atom. The minimum atomic E-state index is 0.750. The summed E-state index contributed by atoms with van der Waals surface area (Å²) in [4.78, 5) is 20.7. The second kappa shape index (κ2) is 7.97. The van der Waals surface area contributed by atoms with Gasteiger partial charge in [0.2, 0.25) is 5.95 Å². The summed E-state index contributed by atoms with van der Waals surface area (Å²) in [5.74, 6) is 1.88. The van der Waals surface area contributed by atoms with Crippen molar-refractivity contribution >= 4 is 11.8 Å². The summed E-state index contributed by atoms with van der Waals surface area (Å²) in [6.07, 6.45) is 3.73. The van der Waals surface area contributed by atoms with Crippen molar-refractivity contribution in [1.29, 1.82) is 0 Å². The first-order chi connectivity index (χ1) is 12.8. The quantitative estimate of drug-likeness (QED) is 0.821. The predicted octanol–water partition coefficient (Wildman–Crippen LogP) is 1.34. The number of nitrogens with zero attached hydrogens (tertiary/aromatic N) is 6. The summed E-state index contributed by atoms with van der Waals surface area (Å²) in [5.41, 5.74) is 2.34. The Hall–Kier alpha value is -2.25. The van der Waals surface area contributed by atoms with E-state index in [4.69, 9.17) is 9.72 Å². The van der Waals surface area contributed by atoms with Crippen LogP contribution < -0.4 is 9.80 Å². The van der Waals surface area contributed by atoms with E-state index in [2.05, 4.69) is 49.8 Å². The van der Waals surface area contributed by atoms with Crippen molar-refractivity contribution in [3.05, 3.63) is 41.9 Å². The average Bonchev–Trinajstić information content (AvgIpc) is 2.70. The van der Waals surface area contributed by atoms with E-state index in [-0.39, 0.29) is 0 Å². The predicted molar refractivity (Wildman–Crippen MR) is 102 cm³/mol. The highest BCUT2D eigenvalue weighted by Gasteiger charge is 2.21. The molecule has 2 aliphatic heterocycles. The Balaban J connectivity index is 1.40. The van der Waals surface area contributed by atoms with Gasteiger partial charge in [0, 0.05) is 70.0 Å². The second-order valence-electron chi connectivity index (χ2n) is 6.89. The molecule has 0 N–H and O–H groups in total. The molecule has 0 saturated carbocycles. The van der Waals surface area contributed by atoms with Crippen molar-refractivity contribution < 1.29 is 4.74 Å². The smallest absolute Gasteiger partial charge is 0.227 e. The molecule has 2 aromatic heterocycles. The van der Waals surface area contributed by atoms with Crippen molar-refractivity contribution in [1.82, 2.24) is 19.9 Å². The van der Waals surface area contributed by atoms with Gasteiger partial charge in [0.05, 0.1) is 13.2 Å². The average molecular weight is 354 g/mol. The van der Waals surface area contributed by atoms with Gasteiger partial charge in [-0.2, -0.15) is 4.98 Å². The largest absolute Gasteiger partial charge is 0.378 e. The topological polar surface area (TPSA) is 57.6 Å². The molecule has 0 unspecified atom stereocenters. The lowest BCUT2D eigenvalue weighted by molar-refractivity contribution is 0.122. The molecule has 4 heterocycles. The highest BCUT2D eigenvalue weighted by Crippen LogP contribution is 2.20. The summed E-state index contributed by atoms with van der Waals surface area (Å²) in [6.45, 7) is 10.3. The van der Waals surface area contributed by atoms with E-state index in [0.717, 1.165) is 76.5 Å². The lowest BCUT2D eigenvalue weighted by atomic mass is 10.2. The van der Waals surface area contributed by atoms with Crippen molar-refractivity contribution in [2.45, 2.75) is 13.5 Å². The Morgan fingerprint density at radius 1 is 0.923 bits per heavy atom. The lowest BCUT2D eigenvalue weighted by Gasteiger charge is -2.36. The van der Waals surface area contributed by atoms with Gasteiger partial charge in [-0.25, -0.2) is 4.98 Å². The number of hydrogen-bond donors (Lipinski definition) is 0. The Kier molecular flexibility index (Phi) is 5.26. The van der Waals surface area contributed by atoms with E-state index in [1.165, 1.54) is 5.56 Å². The van der Waals surface area contributed by atoms with Crippen LogP contribution >= 0.6 is 0 Å². The van der Waals surface area contributed by atoms with Crippen molar-refractivity contribution in [2.24, 2.45) is 0 Å². The minimum Gasteiger partial charge on any atom is -0.378 e. The van der Waals surface area contributed by atoms with Crippen LogP contribution in [0.3, 0.4) is 0 Å². The molecule has 0 aliphatic carbocycles. The van der Waals surface area contributed by atoms with Gasteiger partial charge in [0.1, 0.15) is 5.82 Å². The van der Waals surface area contributed by atoms with Crippen molar-refractivity contribution in [2.75, 3.05) is 62.3 Å². The fourth-order valence-electron chi connectivity index (χ4n) is 3.48. The minimum absolute atomic E-state index is 0.750. The van der Waals surface area contributed by atoms with Crippen molar-refractivity contribution in [3.8, 4) is 0 Å². The normalized spacial score (nSPS) is 19.0. The van der Waals surface area contributed by atoms with E-state index >= 15 is 0 Å². The molecule has 0 amide bonds. The summed E-state index contributed by atoms with van der Waals surface area (Å²) in [7, 11) is 0. The first kappa shape index (κ1) is 17.2. The molecular formula is C19H26N6O. The van der Waals surface area contributed by atoms with Gasteiger partial charge in [0.25, 0.3) is 0 Å². The fraction of sp³-hybridized carbons (Fsp3) is 0.526. The van der Waals surface area contributed by atoms with Gasteiger partial charge in [-0.15, -0.1) is 0 Å². The molecule has 0 bridgehead atoms. The SMILES string of the molecule is Cc1cc(N2CCN(Cc3ccncc3)CC2)nc(N2CCOCC2)n1. The van der Waals surface area contributed by atoms with Crippen LogP contribution in [0.5, 0.6) is 0 Å². The molecule has 0 spiro atoms. The van der Waals surface area contributed by atoms with Crippen LogP contribution in [0.15, 0.2) is 30.6 Å².